The van der Waals surface area contributed by atoms with Crippen molar-refractivity contribution >= 4 is 41.1 Å². The van der Waals surface area contributed by atoms with Crippen LogP contribution in [0.3, 0.4) is 0 Å². The fraction of sp³-hybridized carbons (Fsp3) is 0. The molecule has 86 valence electrons. The first-order valence-corrected chi connectivity index (χ1v) is 5.96. The molecule has 0 amide bonds. The van der Waals surface area contributed by atoms with Gasteiger partial charge in [-0.05, 0) is 29.8 Å². The van der Waals surface area contributed by atoms with Gasteiger partial charge in [-0.1, -0.05) is 46.9 Å². The molecular weight excluding hydrogens is 279 g/mol. The van der Waals surface area contributed by atoms with E-state index in [0.29, 0.717) is 31.8 Å². The molecule has 2 aromatic rings. The molecule has 0 heterocycles. The van der Waals surface area contributed by atoms with Crippen LogP contribution in [-0.2, 0) is 0 Å². The maximum atomic E-state index is 11.0. The van der Waals surface area contributed by atoms with Crippen LogP contribution in [0, 0.1) is 0 Å². The molecule has 0 unspecified atom stereocenters. The summed E-state index contributed by atoms with van der Waals surface area (Å²) in [6, 6.07) is 10.3. The molecule has 0 N–H and O–H groups in total. The van der Waals surface area contributed by atoms with E-state index in [1.54, 1.807) is 36.4 Å². The third-order valence-electron chi connectivity index (χ3n) is 2.38. The molecular formula is C13H7Cl3O. The van der Waals surface area contributed by atoms with Gasteiger partial charge in [0.1, 0.15) is 0 Å². The number of carbonyl (C=O) groups is 1. The molecule has 0 atom stereocenters. The summed E-state index contributed by atoms with van der Waals surface area (Å²) in [4.78, 5) is 11.0. The second kappa shape index (κ2) is 5.09. The van der Waals surface area contributed by atoms with Gasteiger partial charge < -0.3 is 0 Å². The molecule has 17 heavy (non-hydrogen) atoms. The summed E-state index contributed by atoms with van der Waals surface area (Å²) in [6.45, 7) is 0. The monoisotopic (exact) mass is 284 g/mol. The Bertz CT molecular complexity index is 579. The van der Waals surface area contributed by atoms with Crippen LogP contribution in [0.2, 0.25) is 15.1 Å². The molecule has 0 fully saturated rings. The molecule has 0 spiro atoms. The van der Waals surface area contributed by atoms with Crippen molar-refractivity contribution in [3.63, 3.8) is 0 Å². The molecule has 0 aliphatic rings. The van der Waals surface area contributed by atoms with E-state index in [1.165, 1.54) is 0 Å². The summed E-state index contributed by atoms with van der Waals surface area (Å²) in [5, 5.41) is 1.40. The van der Waals surface area contributed by atoms with Gasteiger partial charge in [-0.15, -0.1) is 0 Å². The number of rotatable bonds is 2. The molecule has 0 aliphatic carbocycles. The standard InChI is InChI=1S/C13H7Cl3O/c14-9-5-4-8(7-17)11(6-9)10-2-1-3-12(15)13(10)16/h1-7H. The van der Waals surface area contributed by atoms with E-state index < -0.39 is 0 Å². The fourth-order valence-electron chi connectivity index (χ4n) is 1.58. The normalized spacial score (nSPS) is 10.3. The second-order valence-electron chi connectivity index (χ2n) is 3.45. The zero-order valence-corrected chi connectivity index (χ0v) is 10.9. The molecule has 0 saturated carbocycles. The summed E-state index contributed by atoms with van der Waals surface area (Å²) in [5.74, 6) is 0. The highest BCUT2D eigenvalue weighted by Gasteiger charge is 2.11. The van der Waals surface area contributed by atoms with E-state index in [-0.39, 0.29) is 0 Å². The van der Waals surface area contributed by atoms with Crippen LogP contribution in [-0.4, -0.2) is 6.29 Å². The van der Waals surface area contributed by atoms with Crippen molar-refractivity contribution in [2.75, 3.05) is 0 Å². The van der Waals surface area contributed by atoms with Gasteiger partial charge in [0.15, 0.2) is 6.29 Å². The Hall–Kier alpha value is -1.02. The lowest BCUT2D eigenvalue weighted by Crippen LogP contribution is -1.88. The minimum absolute atomic E-state index is 0.416. The van der Waals surface area contributed by atoms with Gasteiger partial charge in [-0.2, -0.15) is 0 Å². The van der Waals surface area contributed by atoms with E-state index in [0.717, 1.165) is 6.29 Å². The van der Waals surface area contributed by atoms with Crippen molar-refractivity contribution in [3.05, 3.63) is 57.0 Å². The van der Waals surface area contributed by atoms with Gasteiger partial charge in [-0.25, -0.2) is 0 Å². The first kappa shape index (κ1) is 12.4. The largest absolute Gasteiger partial charge is 0.298 e. The Morgan fingerprint density at radius 3 is 2.41 bits per heavy atom. The highest BCUT2D eigenvalue weighted by molar-refractivity contribution is 6.43. The average Bonchev–Trinajstić information content (AvgIpc) is 2.33. The quantitative estimate of drug-likeness (QED) is 0.699. The Morgan fingerprint density at radius 2 is 1.71 bits per heavy atom. The number of hydrogen-bond acceptors (Lipinski definition) is 1. The van der Waals surface area contributed by atoms with E-state index in [2.05, 4.69) is 0 Å². The van der Waals surface area contributed by atoms with Crippen LogP contribution in [0.5, 0.6) is 0 Å². The summed E-state index contributed by atoms with van der Waals surface area (Å²) < 4.78 is 0. The topological polar surface area (TPSA) is 17.1 Å². The molecule has 2 aromatic carbocycles. The minimum Gasteiger partial charge on any atom is -0.298 e. The lowest BCUT2D eigenvalue weighted by Gasteiger charge is -2.08. The van der Waals surface area contributed by atoms with E-state index in [4.69, 9.17) is 34.8 Å². The van der Waals surface area contributed by atoms with Gasteiger partial charge in [0.2, 0.25) is 0 Å². The lowest BCUT2D eigenvalue weighted by atomic mass is 10.0. The highest BCUT2D eigenvalue weighted by atomic mass is 35.5. The Kier molecular flexibility index (Phi) is 3.72. The van der Waals surface area contributed by atoms with Crippen LogP contribution < -0.4 is 0 Å². The highest BCUT2D eigenvalue weighted by Crippen LogP contribution is 2.35. The molecule has 1 nitrogen and oxygen atoms in total. The lowest BCUT2D eigenvalue weighted by molar-refractivity contribution is 0.112. The van der Waals surface area contributed by atoms with Crippen LogP contribution in [0.4, 0.5) is 0 Å². The second-order valence-corrected chi connectivity index (χ2v) is 4.67. The van der Waals surface area contributed by atoms with E-state index >= 15 is 0 Å². The van der Waals surface area contributed by atoms with Crippen LogP contribution in [0.25, 0.3) is 11.1 Å². The maximum absolute atomic E-state index is 11.0. The number of halogens is 3. The van der Waals surface area contributed by atoms with Crippen LogP contribution in [0.15, 0.2) is 36.4 Å². The van der Waals surface area contributed by atoms with E-state index in [9.17, 15) is 4.79 Å². The molecule has 0 radical (unpaired) electrons. The maximum Gasteiger partial charge on any atom is 0.150 e. The fourth-order valence-corrected chi connectivity index (χ4v) is 2.15. The molecule has 4 heteroatoms. The number of aldehydes is 1. The SMILES string of the molecule is O=Cc1ccc(Cl)cc1-c1cccc(Cl)c1Cl. The summed E-state index contributed by atoms with van der Waals surface area (Å²) in [5.41, 5.74) is 1.90. The average molecular weight is 286 g/mol. The first-order chi connectivity index (χ1) is 8.13. The smallest absolute Gasteiger partial charge is 0.150 e. The predicted molar refractivity (Wildman–Crippen MR) is 72.3 cm³/mol. The molecule has 0 aliphatic heterocycles. The predicted octanol–water partition coefficient (Wildman–Crippen LogP) is 5.13. The number of benzene rings is 2. The zero-order chi connectivity index (χ0) is 12.4. The van der Waals surface area contributed by atoms with E-state index in [1.807, 2.05) is 0 Å². The zero-order valence-electron chi connectivity index (χ0n) is 8.58. The van der Waals surface area contributed by atoms with Crippen molar-refractivity contribution in [2.24, 2.45) is 0 Å². The minimum atomic E-state index is 0.416. The first-order valence-electron chi connectivity index (χ1n) is 4.82. The molecule has 0 bridgehead atoms. The third-order valence-corrected chi connectivity index (χ3v) is 3.44. The molecule has 0 saturated heterocycles. The Morgan fingerprint density at radius 1 is 0.941 bits per heavy atom. The summed E-state index contributed by atoms with van der Waals surface area (Å²) >= 11 is 18.0. The number of carbonyl (C=O) groups excluding carboxylic acids is 1. The van der Waals surface area contributed by atoms with Gasteiger partial charge in [0.05, 0.1) is 10.0 Å². The van der Waals surface area contributed by atoms with Crippen molar-refractivity contribution < 1.29 is 4.79 Å². The summed E-state index contributed by atoms with van der Waals surface area (Å²) in [6.07, 6.45) is 0.767. The summed E-state index contributed by atoms with van der Waals surface area (Å²) in [7, 11) is 0. The Balaban J connectivity index is 2.71. The van der Waals surface area contributed by atoms with Crippen LogP contribution in [0.1, 0.15) is 10.4 Å². The molecule has 0 aromatic heterocycles. The van der Waals surface area contributed by atoms with Crippen molar-refractivity contribution in [1.29, 1.82) is 0 Å². The van der Waals surface area contributed by atoms with Crippen LogP contribution >= 0.6 is 34.8 Å². The van der Waals surface area contributed by atoms with Gasteiger partial charge in [0.25, 0.3) is 0 Å². The van der Waals surface area contributed by atoms with Crippen molar-refractivity contribution in [1.82, 2.24) is 0 Å². The van der Waals surface area contributed by atoms with Gasteiger partial charge in [-0.3, -0.25) is 4.79 Å². The number of hydrogen-bond donors (Lipinski definition) is 0. The van der Waals surface area contributed by atoms with Crippen molar-refractivity contribution in [2.45, 2.75) is 0 Å². The molecule has 2 rings (SSSR count). The van der Waals surface area contributed by atoms with Crippen molar-refractivity contribution in [3.8, 4) is 11.1 Å². The Labute approximate surface area is 114 Å². The van der Waals surface area contributed by atoms with Gasteiger partial charge >= 0.3 is 0 Å². The van der Waals surface area contributed by atoms with Gasteiger partial charge in [0, 0.05) is 16.1 Å². The third kappa shape index (κ3) is 2.47.